The van der Waals surface area contributed by atoms with Crippen molar-refractivity contribution < 1.29 is 8.76 Å². The van der Waals surface area contributed by atoms with E-state index in [1.165, 1.54) is 0 Å². The summed E-state index contributed by atoms with van der Waals surface area (Å²) in [5, 5.41) is 0.0139. The third-order valence-electron chi connectivity index (χ3n) is 1.32. The van der Waals surface area contributed by atoms with Crippen LogP contribution >= 0.6 is 0 Å². The van der Waals surface area contributed by atoms with Crippen LogP contribution in [0.1, 0.15) is 0 Å². The van der Waals surface area contributed by atoms with Crippen LogP contribution in [0.2, 0.25) is 0 Å². The van der Waals surface area contributed by atoms with Crippen molar-refractivity contribution in [2.24, 2.45) is 0 Å². The van der Waals surface area contributed by atoms with Crippen molar-refractivity contribution in [2.45, 2.75) is 5.25 Å². The fraction of sp³-hybridized carbons (Fsp3) is 1.00. The van der Waals surface area contributed by atoms with E-state index in [9.17, 15) is 4.21 Å². The lowest BCUT2D eigenvalue weighted by Gasteiger charge is -2.33. The summed E-state index contributed by atoms with van der Waals surface area (Å²) in [5.74, 6) is 0. The Morgan fingerprint density at radius 2 is 2.25 bits per heavy atom. The molecule has 1 fully saturated rings. The zero-order valence-electron chi connectivity index (χ0n) is 4.70. The smallest absolute Gasteiger partial charge is 0.158 e. The van der Waals surface area contributed by atoms with Crippen molar-refractivity contribution in [3.8, 4) is 0 Å². The largest absolute Gasteiger partial charge is 0.306 e. The molecular formula is C4H9NO2S. The first-order valence-electron chi connectivity index (χ1n) is 2.48. The van der Waals surface area contributed by atoms with E-state index in [4.69, 9.17) is 4.55 Å². The van der Waals surface area contributed by atoms with Gasteiger partial charge in [-0.1, -0.05) is 0 Å². The summed E-state index contributed by atoms with van der Waals surface area (Å²) in [5.41, 5.74) is 0. The predicted octanol–water partition coefficient (Wildman–Crippen LogP) is -0.478. The number of rotatable bonds is 1. The zero-order valence-corrected chi connectivity index (χ0v) is 5.52. The van der Waals surface area contributed by atoms with Gasteiger partial charge in [-0.05, 0) is 7.05 Å². The van der Waals surface area contributed by atoms with E-state index >= 15 is 0 Å². The lowest BCUT2D eigenvalue weighted by molar-refractivity contribution is 0.230. The fourth-order valence-electron chi connectivity index (χ4n) is 0.769. The Hall–Kier alpha value is 0.0700. The van der Waals surface area contributed by atoms with Gasteiger partial charge >= 0.3 is 0 Å². The Morgan fingerprint density at radius 1 is 1.75 bits per heavy atom. The molecule has 0 aromatic heterocycles. The van der Waals surface area contributed by atoms with Crippen molar-refractivity contribution in [1.82, 2.24) is 4.90 Å². The first kappa shape index (κ1) is 6.19. The van der Waals surface area contributed by atoms with Crippen LogP contribution in [0.15, 0.2) is 0 Å². The lowest BCUT2D eigenvalue weighted by atomic mass is 10.2. The Bertz CT molecular complexity index is 111. The minimum absolute atomic E-state index is 0.0139. The minimum atomic E-state index is -1.59. The van der Waals surface area contributed by atoms with Gasteiger partial charge in [-0.2, -0.15) is 0 Å². The summed E-state index contributed by atoms with van der Waals surface area (Å²) in [6.07, 6.45) is 0. The SMILES string of the molecule is CN1CC(S(=O)O)C1. The van der Waals surface area contributed by atoms with E-state index in [0.717, 1.165) is 13.1 Å². The number of nitrogens with zero attached hydrogens (tertiary/aromatic N) is 1. The molecule has 0 radical (unpaired) electrons. The second-order valence-electron chi connectivity index (χ2n) is 2.12. The van der Waals surface area contributed by atoms with E-state index in [2.05, 4.69) is 0 Å². The maximum atomic E-state index is 10.2. The average Bonchev–Trinajstić information content (AvgIpc) is 1.57. The molecule has 0 aromatic carbocycles. The molecule has 0 aromatic rings. The van der Waals surface area contributed by atoms with Crippen LogP contribution in [0.4, 0.5) is 0 Å². The van der Waals surface area contributed by atoms with Gasteiger partial charge in [0.2, 0.25) is 0 Å². The van der Waals surface area contributed by atoms with Crippen LogP contribution < -0.4 is 0 Å². The maximum Gasteiger partial charge on any atom is 0.158 e. The Morgan fingerprint density at radius 3 is 2.38 bits per heavy atom. The summed E-state index contributed by atoms with van der Waals surface area (Å²) in [6.45, 7) is 1.53. The lowest BCUT2D eigenvalue weighted by Crippen LogP contribution is -2.50. The highest BCUT2D eigenvalue weighted by atomic mass is 32.2. The van der Waals surface area contributed by atoms with Crippen LogP contribution in [0, 0.1) is 0 Å². The van der Waals surface area contributed by atoms with Crippen LogP contribution in [0.3, 0.4) is 0 Å². The molecule has 1 N–H and O–H groups in total. The summed E-state index contributed by atoms with van der Waals surface area (Å²) in [4.78, 5) is 2.01. The molecule has 1 rings (SSSR count). The molecule has 1 aliphatic rings. The fourth-order valence-corrected chi connectivity index (χ4v) is 1.53. The first-order valence-corrected chi connectivity index (χ1v) is 3.65. The molecule has 0 aliphatic carbocycles. The Kier molecular flexibility index (Phi) is 1.65. The van der Waals surface area contributed by atoms with E-state index in [1.807, 2.05) is 11.9 Å². The van der Waals surface area contributed by atoms with Gasteiger partial charge in [0, 0.05) is 13.1 Å². The van der Waals surface area contributed by atoms with Crippen molar-refractivity contribution in [2.75, 3.05) is 20.1 Å². The predicted molar refractivity (Wildman–Crippen MR) is 32.1 cm³/mol. The highest BCUT2D eigenvalue weighted by Gasteiger charge is 2.27. The molecule has 1 aliphatic heterocycles. The van der Waals surface area contributed by atoms with Gasteiger partial charge < -0.3 is 9.45 Å². The number of likely N-dealkylation sites (tertiary alicyclic amines) is 1. The summed E-state index contributed by atoms with van der Waals surface area (Å²) in [7, 11) is 1.93. The molecule has 3 nitrogen and oxygen atoms in total. The molecule has 0 spiro atoms. The maximum absolute atomic E-state index is 10.2. The molecule has 0 bridgehead atoms. The molecule has 8 heavy (non-hydrogen) atoms. The van der Waals surface area contributed by atoms with E-state index in [0.29, 0.717) is 0 Å². The monoisotopic (exact) mass is 135 g/mol. The summed E-state index contributed by atoms with van der Waals surface area (Å²) >= 11 is -1.59. The Labute approximate surface area is 51.0 Å². The van der Waals surface area contributed by atoms with Crippen LogP contribution in [-0.2, 0) is 11.1 Å². The van der Waals surface area contributed by atoms with Gasteiger partial charge in [0.25, 0.3) is 0 Å². The van der Waals surface area contributed by atoms with Crippen molar-refractivity contribution in [3.05, 3.63) is 0 Å². The third-order valence-corrected chi connectivity index (χ3v) is 2.18. The van der Waals surface area contributed by atoms with Gasteiger partial charge in [0.05, 0.1) is 5.25 Å². The standard InChI is InChI=1S/C4H9NO2S/c1-5-2-4(3-5)8(6)7/h4H,2-3H2,1H3,(H,6,7). The number of hydrogen-bond acceptors (Lipinski definition) is 2. The van der Waals surface area contributed by atoms with Crippen LogP contribution in [0.25, 0.3) is 0 Å². The molecule has 4 heteroatoms. The topological polar surface area (TPSA) is 40.5 Å². The second-order valence-corrected chi connectivity index (χ2v) is 3.34. The normalized spacial score (nSPS) is 27.2. The summed E-state index contributed by atoms with van der Waals surface area (Å²) in [6, 6.07) is 0. The van der Waals surface area contributed by atoms with Gasteiger partial charge in [-0.15, -0.1) is 0 Å². The number of hydrogen-bond donors (Lipinski definition) is 1. The third kappa shape index (κ3) is 1.07. The first-order chi connectivity index (χ1) is 3.70. The van der Waals surface area contributed by atoms with Crippen molar-refractivity contribution >= 4 is 11.1 Å². The van der Waals surface area contributed by atoms with E-state index in [1.54, 1.807) is 0 Å². The molecule has 0 amide bonds. The van der Waals surface area contributed by atoms with E-state index in [-0.39, 0.29) is 5.25 Å². The highest BCUT2D eigenvalue weighted by molar-refractivity contribution is 7.80. The van der Waals surface area contributed by atoms with Gasteiger partial charge in [0.15, 0.2) is 11.1 Å². The second kappa shape index (κ2) is 2.13. The average molecular weight is 135 g/mol. The Balaban J connectivity index is 2.25. The van der Waals surface area contributed by atoms with Crippen molar-refractivity contribution in [1.29, 1.82) is 0 Å². The van der Waals surface area contributed by atoms with Gasteiger partial charge in [0.1, 0.15) is 0 Å². The zero-order chi connectivity index (χ0) is 6.15. The van der Waals surface area contributed by atoms with Crippen LogP contribution in [0.5, 0.6) is 0 Å². The van der Waals surface area contributed by atoms with Gasteiger partial charge in [-0.25, -0.2) is 4.21 Å². The van der Waals surface area contributed by atoms with Gasteiger partial charge in [-0.3, -0.25) is 0 Å². The van der Waals surface area contributed by atoms with Crippen LogP contribution in [-0.4, -0.2) is 39.0 Å². The molecule has 1 saturated heterocycles. The summed E-state index contributed by atoms with van der Waals surface area (Å²) < 4.78 is 18.6. The molecule has 1 heterocycles. The van der Waals surface area contributed by atoms with Crippen molar-refractivity contribution in [3.63, 3.8) is 0 Å². The molecular weight excluding hydrogens is 126 g/mol. The highest BCUT2D eigenvalue weighted by Crippen LogP contribution is 2.08. The molecule has 1 atom stereocenters. The van der Waals surface area contributed by atoms with E-state index < -0.39 is 11.1 Å². The molecule has 1 unspecified atom stereocenters. The molecule has 0 saturated carbocycles. The quantitative estimate of drug-likeness (QED) is 0.494. The molecule has 48 valence electrons. The minimum Gasteiger partial charge on any atom is -0.306 e.